The Balaban J connectivity index is 0.000000128. The Morgan fingerprint density at radius 1 is 0.256 bits per heavy atom. The van der Waals surface area contributed by atoms with Crippen LogP contribution in [0.1, 0.15) is 5.56 Å². The van der Waals surface area contributed by atoms with Crippen molar-refractivity contribution < 1.29 is 0 Å². The molecule has 0 amide bonds. The highest BCUT2D eigenvalue weighted by molar-refractivity contribution is 5.98. The summed E-state index contributed by atoms with van der Waals surface area (Å²) in [7, 11) is 0. The van der Waals surface area contributed by atoms with Gasteiger partial charge in [0.15, 0.2) is 0 Å². The molecule has 0 aliphatic carbocycles. The molecular formula is C39H34. The Morgan fingerprint density at radius 2 is 0.487 bits per heavy atom. The van der Waals surface area contributed by atoms with Crippen molar-refractivity contribution >= 4 is 21.5 Å². The van der Waals surface area contributed by atoms with Gasteiger partial charge in [-0.25, -0.2) is 0 Å². The molecule has 0 atom stereocenters. The van der Waals surface area contributed by atoms with Crippen LogP contribution in [-0.2, 0) is 0 Å². The lowest BCUT2D eigenvalue weighted by Gasteiger charge is -2.00. The predicted octanol–water partition coefficient (Wildman–Crippen LogP) is 11.0. The van der Waals surface area contributed by atoms with Crippen molar-refractivity contribution in [1.29, 1.82) is 0 Å². The molecule has 0 bridgehead atoms. The molecule has 0 saturated carbocycles. The van der Waals surface area contributed by atoms with Crippen LogP contribution >= 0.6 is 0 Å². The van der Waals surface area contributed by atoms with E-state index in [0.717, 1.165) is 0 Å². The first-order chi connectivity index (χ1) is 19.3. The Morgan fingerprint density at radius 3 is 0.744 bits per heavy atom. The highest BCUT2D eigenvalue weighted by atomic mass is 14.0. The van der Waals surface area contributed by atoms with Crippen LogP contribution < -0.4 is 0 Å². The van der Waals surface area contributed by atoms with Crippen molar-refractivity contribution in [3.63, 3.8) is 0 Å². The van der Waals surface area contributed by atoms with E-state index in [1.807, 2.05) is 66.7 Å². The third-order valence-corrected chi connectivity index (χ3v) is 6.10. The molecule has 190 valence electrons. The van der Waals surface area contributed by atoms with Crippen LogP contribution in [0.15, 0.2) is 188 Å². The first-order valence-corrected chi connectivity index (χ1v) is 13.3. The normalized spacial score (nSPS) is 9.67. The van der Waals surface area contributed by atoms with Crippen molar-refractivity contribution in [2.75, 3.05) is 0 Å². The zero-order chi connectivity index (χ0) is 27.0. The van der Waals surface area contributed by atoms with Crippen LogP contribution in [-0.4, -0.2) is 0 Å². The van der Waals surface area contributed by atoms with Crippen molar-refractivity contribution in [1.82, 2.24) is 0 Å². The quantitative estimate of drug-likeness (QED) is 0.196. The second-order valence-electron chi connectivity index (χ2n) is 9.09. The summed E-state index contributed by atoms with van der Waals surface area (Å²) in [6.45, 7) is 2.08. The molecule has 0 aliphatic rings. The highest BCUT2D eigenvalue weighted by Crippen LogP contribution is 2.22. The van der Waals surface area contributed by atoms with E-state index in [1.54, 1.807) is 0 Å². The summed E-state index contributed by atoms with van der Waals surface area (Å²) in [6.07, 6.45) is 0. The first-order valence-electron chi connectivity index (χ1n) is 13.3. The maximum atomic E-state index is 2.24. The molecule has 39 heavy (non-hydrogen) atoms. The van der Waals surface area contributed by atoms with Crippen LogP contribution in [0.2, 0.25) is 0 Å². The molecule has 0 aromatic heterocycles. The molecule has 0 nitrogen and oxygen atoms in total. The van der Waals surface area contributed by atoms with Gasteiger partial charge < -0.3 is 0 Å². The zero-order valence-electron chi connectivity index (χ0n) is 22.4. The number of fused-ring (bicyclic) bond motifs is 2. The molecule has 7 aromatic rings. The average molecular weight is 503 g/mol. The summed E-state index contributed by atoms with van der Waals surface area (Å²) in [5.41, 5.74) is 3.87. The fourth-order valence-corrected chi connectivity index (χ4v) is 4.06. The predicted molar refractivity (Wildman–Crippen MR) is 171 cm³/mol. The fourth-order valence-electron chi connectivity index (χ4n) is 4.06. The smallest absolute Gasteiger partial charge is 0.0178 e. The molecule has 0 fully saturated rings. The van der Waals surface area contributed by atoms with E-state index < -0.39 is 0 Å². The van der Waals surface area contributed by atoms with E-state index >= 15 is 0 Å². The molecular weight excluding hydrogens is 468 g/mol. The Bertz CT molecular complexity index is 1450. The van der Waals surface area contributed by atoms with Crippen molar-refractivity contribution in [3.8, 4) is 11.1 Å². The summed E-state index contributed by atoms with van der Waals surface area (Å²) in [4.78, 5) is 0. The van der Waals surface area contributed by atoms with Gasteiger partial charge in [0.25, 0.3) is 0 Å². The fraction of sp³-hybridized carbons (Fsp3) is 0.0256. The standard InChI is InChI=1S/C14H10.C12H10.C7H8.C6H6/c1-2-6-12-10-14-8-4-3-7-13(14)9-11(12)5-1;1-3-7-11(8-4-1)12-9-5-2-6-10-12;1-7-5-3-2-4-6-7;1-2-4-6-5-3-1/h1-10H;1-10H;2-6H,1H3;1-6H. The van der Waals surface area contributed by atoms with Gasteiger partial charge in [-0.05, 0) is 51.7 Å². The molecule has 0 unspecified atom stereocenters. The maximum absolute atomic E-state index is 2.24. The van der Waals surface area contributed by atoms with Gasteiger partial charge in [0.1, 0.15) is 0 Å². The summed E-state index contributed by atoms with van der Waals surface area (Å²) in [5.74, 6) is 0. The minimum Gasteiger partial charge on any atom is -0.0623 e. The first kappa shape index (κ1) is 27.1. The Hall–Kier alpha value is -4.94. The van der Waals surface area contributed by atoms with Crippen LogP contribution in [0.3, 0.4) is 0 Å². The molecule has 7 aromatic carbocycles. The third-order valence-electron chi connectivity index (χ3n) is 6.10. The van der Waals surface area contributed by atoms with Crippen LogP contribution in [0.4, 0.5) is 0 Å². The van der Waals surface area contributed by atoms with E-state index in [4.69, 9.17) is 0 Å². The summed E-state index contributed by atoms with van der Waals surface area (Å²) in [5, 5.41) is 5.25. The van der Waals surface area contributed by atoms with E-state index in [9.17, 15) is 0 Å². The third kappa shape index (κ3) is 9.14. The maximum Gasteiger partial charge on any atom is -0.0178 e. The van der Waals surface area contributed by atoms with E-state index in [-0.39, 0.29) is 0 Å². The van der Waals surface area contributed by atoms with Gasteiger partial charge in [-0.3, -0.25) is 0 Å². The van der Waals surface area contributed by atoms with Crippen LogP contribution in [0.5, 0.6) is 0 Å². The lowest BCUT2D eigenvalue weighted by atomic mass is 10.0. The number of rotatable bonds is 1. The minimum absolute atomic E-state index is 1.28. The number of hydrogen-bond acceptors (Lipinski definition) is 0. The molecule has 0 saturated heterocycles. The summed E-state index contributed by atoms with van der Waals surface area (Å²) < 4.78 is 0. The second kappa shape index (κ2) is 15.3. The minimum atomic E-state index is 1.28. The molecule has 0 spiro atoms. The Labute approximate surface area is 232 Å². The summed E-state index contributed by atoms with van der Waals surface area (Å²) in [6, 6.07) is 64.5. The largest absolute Gasteiger partial charge is 0.0623 e. The van der Waals surface area contributed by atoms with Gasteiger partial charge in [0.05, 0.1) is 0 Å². The molecule has 0 heteroatoms. The van der Waals surface area contributed by atoms with Gasteiger partial charge in [0, 0.05) is 0 Å². The van der Waals surface area contributed by atoms with Gasteiger partial charge in [-0.15, -0.1) is 0 Å². The van der Waals surface area contributed by atoms with E-state index in [2.05, 4.69) is 128 Å². The number of hydrogen-bond donors (Lipinski definition) is 0. The van der Waals surface area contributed by atoms with Gasteiger partial charge in [-0.2, -0.15) is 0 Å². The highest BCUT2D eigenvalue weighted by Gasteiger charge is 1.95. The topological polar surface area (TPSA) is 0 Å². The lowest BCUT2D eigenvalue weighted by Crippen LogP contribution is -1.74. The van der Waals surface area contributed by atoms with Gasteiger partial charge in [0.2, 0.25) is 0 Å². The number of benzene rings is 7. The van der Waals surface area contributed by atoms with Gasteiger partial charge in [-0.1, -0.05) is 181 Å². The van der Waals surface area contributed by atoms with Gasteiger partial charge >= 0.3 is 0 Å². The van der Waals surface area contributed by atoms with E-state index in [0.29, 0.717) is 0 Å². The molecule has 0 N–H and O–H groups in total. The Kier molecular flexibility index (Phi) is 10.7. The number of aryl methyl sites for hydroxylation is 1. The zero-order valence-corrected chi connectivity index (χ0v) is 22.4. The molecule has 0 heterocycles. The van der Waals surface area contributed by atoms with Crippen molar-refractivity contribution in [2.24, 2.45) is 0 Å². The molecule has 0 aliphatic heterocycles. The van der Waals surface area contributed by atoms with E-state index in [1.165, 1.54) is 38.2 Å². The average Bonchev–Trinajstić information content (AvgIpc) is 3.03. The second-order valence-corrected chi connectivity index (χ2v) is 9.09. The van der Waals surface area contributed by atoms with Crippen LogP contribution in [0.25, 0.3) is 32.7 Å². The molecule has 0 radical (unpaired) electrons. The van der Waals surface area contributed by atoms with Crippen molar-refractivity contribution in [2.45, 2.75) is 6.92 Å². The molecule has 7 rings (SSSR count). The summed E-state index contributed by atoms with van der Waals surface area (Å²) >= 11 is 0. The monoisotopic (exact) mass is 502 g/mol. The lowest BCUT2D eigenvalue weighted by molar-refractivity contribution is 1.48. The van der Waals surface area contributed by atoms with Crippen molar-refractivity contribution in [3.05, 3.63) is 194 Å². The SMILES string of the molecule is Cc1ccccc1.c1ccc(-c2ccccc2)cc1.c1ccc2cc3ccccc3cc2c1.c1ccccc1. The van der Waals surface area contributed by atoms with Crippen LogP contribution in [0, 0.1) is 6.92 Å².